The fourth-order valence-corrected chi connectivity index (χ4v) is 1.66. The smallest absolute Gasteiger partial charge is 0.0823 e. The highest BCUT2D eigenvalue weighted by Crippen LogP contribution is 2.19. The van der Waals surface area contributed by atoms with Gasteiger partial charge in [0.25, 0.3) is 0 Å². The maximum atomic E-state index is 5.72. The number of nitrogens with one attached hydrogen (secondary N) is 1. The molecule has 1 saturated heterocycles. The molecular weight excluding hydrogens is 150 g/mol. The highest BCUT2D eigenvalue weighted by atomic mass is 16.5. The second-order valence-electron chi connectivity index (χ2n) is 3.76. The number of ether oxygens (including phenoxy) is 1. The highest BCUT2D eigenvalue weighted by Gasteiger charge is 2.19. The minimum atomic E-state index is 0.510. The molecule has 0 amide bonds. The van der Waals surface area contributed by atoms with Crippen LogP contribution in [0.5, 0.6) is 0 Å². The van der Waals surface area contributed by atoms with Gasteiger partial charge in [0.05, 0.1) is 12.7 Å². The van der Waals surface area contributed by atoms with Gasteiger partial charge >= 0.3 is 0 Å². The molecular formula is C10H17NO. The molecule has 0 spiro atoms. The second kappa shape index (κ2) is 4.06. The van der Waals surface area contributed by atoms with E-state index in [0.29, 0.717) is 6.10 Å². The molecule has 1 atom stereocenters. The van der Waals surface area contributed by atoms with Gasteiger partial charge in [-0.3, -0.25) is 0 Å². The van der Waals surface area contributed by atoms with E-state index in [-0.39, 0.29) is 0 Å². The Morgan fingerprint density at radius 3 is 2.83 bits per heavy atom. The van der Waals surface area contributed by atoms with E-state index in [1.807, 2.05) is 0 Å². The van der Waals surface area contributed by atoms with Gasteiger partial charge in [-0.25, -0.2) is 0 Å². The van der Waals surface area contributed by atoms with Crippen LogP contribution in [0, 0.1) is 5.92 Å². The summed E-state index contributed by atoms with van der Waals surface area (Å²) in [6.07, 6.45) is 8.86. The van der Waals surface area contributed by atoms with Gasteiger partial charge in [0, 0.05) is 13.1 Å². The zero-order valence-corrected chi connectivity index (χ0v) is 7.46. The Balaban J connectivity index is 1.62. The minimum absolute atomic E-state index is 0.510. The molecule has 1 fully saturated rings. The summed E-state index contributed by atoms with van der Waals surface area (Å²) >= 11 is 0. The molecule has 1 N–H and O–H groups in total. The van der Waals surface area contributed by atoms with Gasteiger partial charge in [-0.2, -0.15) is 0 Å². The van der Waals surface area contributed by atoms with Crippen LogP contribution in [0.2, 0.25) is 0 Å². The van der Waals surface area contributed by atoms with Crippen LogP contribution in [0.4, 0.5) is 0 Å². The van der Waals surface area contributed by atoms with Crippen molar-refractivity contribution in [3.8, 4) is 0 Å². The molecule has 0 bridgehead atoms. The lowest BCUT2D eigenvalue weighted by Crippen LogP contribution is -2.49. The van der Waals surface area contributed by atoms with Crippen LogP contribution in [0.25, 0.3) is 0 Å². The molecule has 0 saturated carbocycles. The Kier molecular flexibility index (Phi) is 2.79. The van der Waals surface area contributed by atoms with Crippen molar-refractivity contribution in [3.05, 3.63) is 12.2 Å². The molecule has 0 aromatic carbocycles. The van der Waals surface area contributed by atoms with Crippen molar-refractivity contribution in [1.82, 2.24) is 5.32 Å². The SMILES string of the molecule is C1=CCC(COC2CNC2)CC1. The topological polar surface area (TPSA) is 21.3 Å². The number of allylic oxidation sites excluding steroid dienone is 2. The maximum Gasteiger partial charge on any atom is 0.0823 e. The summed E-state index contributed by atoms with van der Waals surface area (Å²) in [5, 5.41) is 3.21. The van der Waals surface area contributed by atoms with Gasteiger partial charge < -0.3 is 10.1 Å². The quantitative estimate of drug-likeness (QED) is 0.640. The van der Waals surface area contributed by atoms with Crippen molar-refractivity contribution in [2.45, 2.75) is 25.4 Å². The molecule has 0 aromatic rings. The molecule has 2 heteroatoms. The van der Waals surface area contributed by atoms with Crippen molar-refractivity contribution in [2.24, 2.45) is 5.92 Å². The summed E-state index contributed by atoms with van der Waals surface area (Å²) in [5.41, 5.74) is 0. The Bertz CT molecular complexity index is 163. The van der Waals surface area contributed by atoms with Crippen molar-refractivity contribution < 1.29 is 4.74 Å². The molecule has 1 aliphatic heterocycles. The second-order valence-corrected chi connectivity index (χ2v) is 3.76. The fraction of sp³-hybridized carbons (Fsp3) is 0.800. The van der Waals surface area contributed by atoms with Crippen LogP contribution in [0.15, 0.2) is 12.2 Å². The number of rotatable bonds is 3. The van der Waals surface area contributed by atoms with Crippen molar-refractivity contribution >= 4 is 0 Å². The lowest BCUT2D eigenvalue weighted by Gasteiger charge is -2.29. The molecule has 2 aliphatic rings. The van der Waals surface area contributed by atoms with Crippen molar-refractivity contribution in [1.29, 1.82) is 0 Å². The van der Waals surface area contributed by atoms with Gasteiger partial charge in [-0.15, -0.1) is 0 Å². The number of hydrogen-bond donors (Lipinski definition) is 1. The summed E-state index contributed by atoms with van der Waals surface area (Å²) in [7, 11) is 0. The van der Waals surface area contributed by atoms with Crippen LogP contribution in [-0.4, -0.2) is 25.8 Å². The molecule has 1 aliphatic carbocycles. The average Bonchev–Trinajstić information content (AvgIpc) is 2.04. The third-order valence-electron chi connectivity index (χ3n) is 2.69. The van der Waals surface area contributed by atoms with Crippen LogP contribution in [0.3, 0.4) is 0 Å². The van der Waals surface area contributed by atoms with Gasteiger partial charge in [-0.05, 0) is 25.2 Å². The van der Waals surface area contributed by atoms with Crippen LogP contribution < -0.4 is 5.32 Å². The van der Waals surface area contributed by atoms with Crippen molar-refractivity contribution in [3.63, 3.8) is 0 Å². The molecule has 0 aromatic heterocycles. The fourth-order valence-electron chi connectivity index (χ4n) is 1.66. The molecule has 2 rings (SSSR count). The van der Waals surface area contributed by atoms with Gasteiger partial charge in [-0.1, -0.05) is 12.2 Å². The van der Waals surface area contributed by atoms with Gasteiger partial charge in [0.15, 0.2) is 0 Å². The third-order valence-corrected chi connectivity index (χ3v) is 2.69. The van der Waals surface area contributed by atoms with Gasteiger partial charge in [0.1, 0.15) is 0 Å². The molecule has 2 nitrogen and oxygen atoms in total. The van der Waals surface area contributed by atoms with Crippen LogP contribution >= 0.6 is 0 Å². The minimum Gasteiger partial charge on any atom is -0.375 e. The lowest BCUT2D eigenvalue weighted by molar-refractivity contribution is -0.00208. The van der Waals surface area contributed by atoms with Crippen LogP contribution in [0.1, 0.15) is 19.3 Å². The summed E-state index contributed by atoms with van der Waals surface area (Å²) in [5.74, 6) is 0.788. The maximum absolute atomic E-state index is 5.72. The predicted molar refractivity (Wildman–Crippen MR) is 49.1 cm³/mol. The Morgan fingerprint density at radius 2 is 2.25 bits per heavy atom. The van der Waals surface area contributed by atoms with E-state index in [9.17, 15) is 0 Å². The largest absolute Gasteiger partial charge is 0.375 e. The predicted octanol–water partition coefficient (Wildman–Crippen LogP) is 1.33. The van der Waals surface area contributed by atoms with E-state index in [1.165, 1.54) is 19.3 Å². The van der Waals surface area contributed by atoms with E-state index >= 15 is 0 Å². The van der Waals surface area contributed by atoms with E-state index in [1.54, 1.807) is 0 Å². The molecule has 68 valence electrons. The summed E-state index contributed by atoms with van der Waals surface area (Å²) in [6.45, 7) is 3.09. The van der Waals surface area contributed by atoms with Crippen molar-refractivity contribution in [2.75, 3.05) is 19.7 Å². The summed E-state index contributed by atoms with van der Waals surface area (Å²) in [6, 6.07) is 0. The standard InChI is InChI=1S/C10H17NO/c1-2-4-9(5-3-1)8-12-10-6-11-7-10/h1-2,9-11H,3-8H2. The summed E-state index contributed by atoms with van der Waals surface area (Å²) < 4.78 is 5.72. The average molecular weight is 167 g/mol. The monoisotopic (exact) mass is 167 g/mol. The first kappa shape index (κ1) is 8.27. The van der Waals surface area contributed by atoms with E-state index in [2.05, 4.69) is 17.5 Å². The normalized spacial score (nSPS) is 30.2. The van der Waals surface area contributed by atoms with E-state index < -0.39 is 0 Å². The Labute approximate surface area is 74.0 Å². The first-order valence-corrected chi connectivity index (χ1v) is 4.92. The molecule has 12 heavy (non-hydrogen) atoms. The first-order valence-electron chi connectivity index (χ1n) is 4.92. The Morgan fingerprint density at radius 1 is 1.33 bits per heavy atom. The zero-order chi connectivity index (χ0) is 8.23. The Hall–Kier alpha value is -0.340. The molecule has 1 heterocycles. The lowest BCUT2D eigenvalue weighted by atomic mass is 9.95. The summed E-state index contributed by atoms with van der Waals surface area (Å²) in [4.78, 5) is 0. The molecule has 0 radical (unpaired) electrons. The van der Waals surface area contributed by atoms with Gasteiger partial charge in [0.2, 0.25) is 0 Å². The first-order chi connectivity index (χ1) is 5.95. The van der Waals surface area contributed by atoms with E-state index in [4.69, 9.17) is 4.74 Å². The number of hydrogen-bond acceptors (Lipinski definition) is 2. The van der Waals surface area contributed by atoms with Crippen LogP contribution in [-0.2, 0) is 4.74 Å². The highest BCUT2D eigenvalue weighted by molar-refractivity contribution is 4.90. The van der Waals surface area contributed by atoms with E-state index in [0.717, 1.165) is 25.6 Å². The molecule has 1 unspecified atom stereocenters. The zero-order valence-electron chi connectivity index (χ0n) is 7.46. The third kappa shape index (κ3) is 2.08.